The van der Waals surface area contributed by atoms with Gasteiger partial charge in [0.25, 0.3) is 0 Å². The fourth-order valence-corrected chi connectivity index (χ4v) is 3.28. The maximum absolute atomic E-state index is 12.5. The van der Waals surface area contributed by atoms with E-state index < -0.39 is 0 Å². The summed E-state index contributed by atoms with van der Waals surface area (Å²) in [6.45, 7) is 0.535. The average Bonchev–Trinajstić information content (AvgIpc) is 3.16. The molecule has 4 rings (SSSR count). The van der Waals surface area contributed by atoms with Crippen LogP contribution in [0.3, 0.4) is 0 Å². The monoisotopic (exact) mass is 360 g/mol. The van der Waals surface area contributed by atoms with Gasteiger partial charge in [-0.25, -0.2) is 4.98 Å². The average molecular weight is 360 g/mol. The molecule has 3 heterocycles. The first-order valence-electron chi connectivity index (χ1n) is 8.87. The van der Waals surface area contributed by atoms with E-state index in [0.29, 0.717) is 25.2 Å². The van der Waals surface area contributed by atoms with E-state index in [1.165, 1.54) is 0 Å². The van der Waals surface area contributed by atoms with E-state index in [-0.39, 0.29) is 11.8 Å². The molecule has 1 aliphatic heterocycles. The number of likely N-dealkylation sites (N-methyl/N-ethyl adjacent to an activating group) is 1. The molecule has 1 aromatic carbocycles. The predicted molar refractivity (Wildman–Crippen MR) is 105 cm³/mol. The molecule has 0 unspecified atom stereocenters. The van der Waals surface area contributed by atoms with Gasteiger partial charge < -0.3 is 15.2 Å². The third-order valence-electron chi connectivity index (χ3n) is 4.75. The molecule has 6 heteroatoms. The van der Waals surface area contributed by atoms with Crippen LogP contribution in [0.4, 0.5) is 5.82 Å². The number of nitrogens with one attached hydrogen (secondary N) is 2. The number of pyridine rings is 1. The highest BCUT2D eigenvalue weighted by molar-refractivity contribution is 5.94. The first kappa shape index (κ1) is 17.0. The summed E-state index contributed by atoms with van der Waals surface area (Å²) in [6, 6.07) is 10.0. The third kappa shape index (κ3) is 3.60. The van der Waals surface area contributed by atoms with Crippen molar-refractivity contribution in [1.82, 2.24) is 14.9 Å². The van der Waals surface area contributed by atoms with E-state index in [2.05, 4.69) is 15.3 Å². The third-order valence-corrected chi connectivity index (χ3v) is 4.75. The van der Waals surface area contributed by atoms with Gasteiger partial charge in [-0.05, 0) is 47.4 Å². The van der Waals surface area contributed by atoms with Crippen LogP contribution < -0.4 is 5.32 Å². The number of carbonyl (C=O) groups excluding carboxylic acids is 2. The highest BCUT2D eigenvalue weighted by atomic mass is 16.2. The van der Waals surface area contributed by atoms with Crippen LogP contribution in [0.25, 0.3) is 17.0 Å². The summed E-state index contributed by atoms with van der Waals surface area (Å²) in [6.07, 6.45) is 8.02. The quantitative estimate of drug-likeness (QED) is 0.702. The van der Waals surface area contributed by atoms with Gasteiger partial charge in [0.15, 0.2) is 0 Å². The van der Waals surface area contributed by atoms with Gasteiger partial charge >= 0.3 is 0 Å². The fourth-order valence-electron chi connectivity index (χ4n) is 3.28. The second-order valence-electron chi connectivity index (χ2n) is 6.71. The van der Waals surface area contributed by atoms with E-state index in [0.717, 1.165) is 27.6 Å². The Morgan fingerprint density at radius 2 is 2.19 bits per heavy atom. The molecule has 2 aromatic heterocycles. The van der Waals surface area contributed by atoms with Crippen LogP contribution in [0.2, 0.25) is 0 Å². The van der Waals surface area contributed by atoms with E-state index in [1.807, 2.05) is 36.5 Å². The van der Waals surface area contributed by atoms with Gasteiger partial charge in [-0.1, -0.05) is 12.1 Å². The zero-order valence-electron chi connectivity index (χ0n) is 15.0. The Balaban J connectivity index is 1.45. The molecule has 0 saturated heterocycles. The molecule has 0 fully saturated rings. The van der Waals surface area contributed by atoms with Gasteiger partial charge in [0, 0.05) is 49.4 Å². The lowest BCUT2D eigenvalue weighted by atomic mass is 10.0. The molecule has 27 heavy (non-hydrogen) atoms. The zero-order valence-corrected chi connectivity index (χ0v) is 15.0. The molecule has 0 radical (unpaired) electrons. The summed E-state index contributed by atoms with van der Waals surface area (Å²) in [4.78, 5) is 33.0. The first-order valence-corrected chi connectivity index (χ1v) is 8.87. The Morgan fingerprint density at radius 1 is 1.30 bits per heavy atom. The maximum Gasteiger partial charge on any atom is 0.246 e. The second kappa shape index (κ2) is 7.07. The topological polar surface area (TPSA) is 78.1 Å². The number of nitrogens with zero attached hydrogens (tertiary/aromatic N) is 2. The van der Waals surface area contributed by atoms with E-state index in [4.69, 9.17) is 0 Å². The number of hydrogen-bond acceptors (Lipinski definition) is 3. The number of amides is 2. The Labute approximate surface area is 156 Å². The zero-order chi connectivity index (χ0) is 18.8. The van der Waals surface area contributed by atoms with Crippen LogP contribution in [0.5, 0.6) is 0 Å². The van der Waals surface area contributed by atoms with E-state index in [1.54, 1.807) is 30.3 Å². The van der Waals surface area contributed by atoms with Crippen LogP contribution in [0.15, 0.2) is 48.8 Å². The van der Waals surface area contributed by atoms with Gasteiger partial charge in [0.05, 0.1) is 0 Å². The second-order valence-corrected chi connectivity index (χ2v) is 6.71. The molecule has 2 N–H and O–H groups in total. The molecular formula is C21H20N4O2. The van der Waals surface area contributed by atoms with E-state index in [9.17, 15) is 9.59 Å². The smallest absolute Gasteiger partial charge is 0.246 e. The van der Waals surface area contributed by atoms with Gasteiger partial charge in [-0.15, -0.1) is 0 Å². The number of benzene rings is 1. The van der Waals surface area contributed by atoms with Gasteiger partial charge in [-0.2, -0.15) is 0 Å². The molecular weight excluding hydrogens is 340 g/mol. The molecule has 6 nitrogen and oxygen atoms in total. The summed E-state index contributed by atoms with van der Waals surface area (Å²) in [5.74, 6) is 0.535. The number of aryl methyl sites for hydroxylation is 1. The van der Waals surface area contributed by atoms with Gasteiger partial charge in [0.1, 0.15) is 5.82 Å². The van der Waals surface area contributed by atoms with Crippen molar-refractivity contribution in [3.8, 4) is 0 Å². The Hall–Kier alpha value is -3.41. The summed E-state index contributed by atoms with van der Waals surface area (Å²) < 4.78 is 0. The minimum Gasteiger partial charge on any atom is -0.361 e. The van der Waals surface area contributed by atoms with Crippen molar-refractivity contribution in [1.29, 1.82) is 0 Å². The molecule has 0 spiro atoms. The van der Waals surface area contributed by atoms with Crippen molar-refractivity contribution in [3.63, 3.8) is 0 Å². The fraction of sp³-hybridized carbons (Fsp3) is 0.190. The number of aromatic amines is 1. The summed E-state index contributed by atoms with van der Waals surface area (Å²) >= 11 is 0. The number of rotatable bonds is 4. The lowest BCUT2D eigenvalue weighted by molar-refractivity contribution is -0.125. The minimum absolute atomic E-state index is 0.00691. The summed E-state index contributed by atoms with van der Waals surface area (Å²) in [7, 11) is 1.79. The number of fused-ring (bicyclic) bond motifs is 2. The summed E-state index contributed by atoms with van der Waals surface area (Å²) in [5.41, 5.74) is 4.01. The van der Waals surface area contributed by atoms with Crippen molar-refractivity contribution in [2.24, 2.45) is 0 Å². The Kier molecular flexibility index (Phi) is 4.46. The van der Waals surface area contributed by atoms with Crippen molar-refractivity contribution < 1.29 is 9.59 Å². The largest absolute Gasteiger partial charge is 0.361 e. The number of carbonyl (C=O) groups is 2. The van der Waals surface area contributed by atoms with Gasteiger partial charge in [0.2, 0.25) is 11.8 Å². The minimum atomic E-state index is -0.0754. The lowest BCUT2D eigenvalue weighted by Crippen LogP contribution is -2.24. The molecule has 3 aromatic rings. The Bertz CT molecular complexity index is 1050. The van der Waals surface area contributed by atoms with Crippen molar-refractivity contribution in [3.05, 3.63) is 65.5 Å². The molecule has 0 aliphatic carbocycles. The lowest BCUT2D eigenvalue weighted by Gasteiger charge is -2.16. The Morgan fingerprint density at radius 3 is 3.07 bits per heavy atom. The van der Waals surface area contributed by atoms with Crippen LogP contribution in [-0.2, 0) is 22.6 Å². The number of hydrogen-bond donors (Lipinski definition) is 2. The molecule has 0 saturated carbocycles. The van der Waals surface area contributed by atoms with Crippen molar-refractivity contribution >= 4 is 34.6 Å². The molecule has 0 bridgehead atoms. The standard InChI is InChI=1S/C21H20N4O2/c1-25(13-16-3-2-4-18-17(16)9-10-22-18)20(27)8-5-14-11-15-6-7-19(26)24-21(15)23-12-14/h2-5,8-12,22H,6-7,13H2,1H3,(H,23,24,26)/b8-5+. The molecule has 2 amide bonds. The SMILES string of the molecule is CN(Cc1cccc2[nH]ccc12)C(=O)/C=C/c1cnc2c(c1)CCC(=O)N2. The highest BCUT2D eigenvalue weighted by Gasteiger charge is 2.15. The predicted octanol–water partition coefficient (Wildman–Crippen LogP) is 3.12. The maximum atomic E-state index is 12.5. The number of aromatic nitrogens is 2. The molecule has 136 valence electrons. The van der Waals surface area contributed by atoms with E-state index >= 15 is 0 Å². The van der Waals surface area contributed by atoms with Crippen molar-refractivity contribution in [2.75, 3.05) is 12.4 Å². The summed E-state index contributed by atoms with van der Waals surface area (Å²) in [5, 5.41) is 3.88. The van der Waals surface area contributed by atoms with Gasteiger partial charge in [-0.3, -0.25) is 9.59 Å². The molecule has 1 aliphatic rings. The van der Waals surface area contributed by atoms with Crippen LogP contribution in [-0.4, -0.2) is 33.7 Å². The first-order chi connectivity index (χ1) is 13.1. The van der Waals surface area contributed by atoms with Crippen LogP contribution in [0.1, 0.15) is 23.1 Å². The highest BCUT2D eigenvalue weighted by Crippen LogP contribution is 2.22. The van der Waals surface area contributed by atoms with Crippen LogP contribution in [0, 0.1) is 0 Å². The number of H-pyrrole nitrogens is 1. The normalized spacial score (nSPS) is 13.6. The molecule has 0 atom stereocenters. The van der Waals surface area contributed by atoms with Crippen molar-refractivity contribution in [2.45, 2.75) is 19.4 Å². The number of anilines is 1. The van der Waals surface area contributed by atoms with Crippen LogP contribution >= 0.6 is 0 Å².